The van der Waals surface area contributed by atoms with Crippen molar-refractivity contribution in [3.05, 3.63) is 27.7 Å². The van der Waals surface area contributed by atoms with Gasteiger partial charge in [0.2, 0.25) is 0 Å². The van der Waals surface area contributed by atoms with Gasteiger partial charge in [-0.2, -0.15) is 5.10 Å². The Balaban J connectivity index is 1.78. The van der Waals surface area contributed by atoms with Gasteiger partial charge < -0.3 is 4.74 Å². The maximum Gasteiger partial charge on any atom is 0.357 e. The van der Waals surface area contributed by atoms with Crippen LogP contribution in [0.15, 0.2) is 11.4 Å². The molecule has 0 saturated carbocycles. The lowest BCUT2D eigenvalue weighted by atomic mass is 10.3. The number of hydrogen-bond donors (Lipinski definition) is 1. The Labute approximate surface area is 139 Å². The van der Waals surface area contributed by atoms with Crippen molar-refractivity contribution >= 4 is 49.9 Å². The largest absolute Gasteiger partial charge is 0.461 e. The maximum atomic E-state index is 12.3. The van der Waals surface area contributed by atoms with Crippen LogP contribution >= 0.6 is 22.7 Å². The van der Waals surface area contributed by atoms with E-state index in [1.54, 1.807) is 17.0 Å². The number of aryl methyl sites for hydroxylation is 2. The van der Waals surface area contributed by atoms with Crippen molar-refractivity contribution < 1.29 is 14.3 Å². The second-order valence-corrected chi connectivity index (χ2v) is 6.64. The van der Waals surface area contributed by atoms with Crippen molar-refractivity contribution in [2.45, 2.75) is 13.8 Å². The van der Waals surface area contributed by atoms with E-state index < -0.39 is 5.97 Å². The lowest BCUT2D eigenvalue weighted by molar-refractivity contribution is 0.0520. The van der Waals surface area contributed by atoms with Crippen molar-refractivity contribution in [2.75, 3.05) is 11.9 Å². The molecule has 0 aliphatic heterocycles. The molecule has 3 heterocycles. The highest BCUT2D eigenvalue weighted by molar-refractivity contribution is 7.20. The molecule has 0 atom stereocenters. The van der Waals surface area contributed by atoms with Crippen LogP contribution in [0.25, 0.3) is 10.2 Å². The Morgan fingerprint density at radius 2 is 2.22 bits per heavy atom. The van der Waals surface area contributed by atoms with Gasteiger partial charge in [-0.25, -0.2) is 9.78 Å². The number of nitrogens with one attached hydrogen (secondary N) is 1. The fraction of sp³-hybridized carbons (Fsp3) is 0.286. The molecule has 1 amide bonds. The molecular weight excluding hydrogens is 336 g/mol. The van der Waals surface area contributed by atoms with E-state index in [4.69, 9.17) is 4.74 Å². The SMILES string of the molecule is CCOC(=O)c1csc(NC(=O)c2cc3c(C)nn(C)c3s2)n1. The smallest absolute Gasteiger partial charge is 0.357 e. The van der Waals surface area contributed by atoms with Crippen LogP contribution in [0.4, 0.5) is 5.13 Å². The predicted molar refractivity (Wildman–Crippen MR) is 89.4 cm³/mol. The van der Waals surface area contributed by atoms with Gasteiger partial charge in [-0.15, -0.1) is 22.7 Å². The first-order chi connectivity index (χ1) is 11.0. The first-order valence-electron chi connectivity index (χ1n) is 6.86. The molecule has 1 N–H and O–H groups in total. The second kappa shape index (κ2) is 6.09. The number of esters is 1. The Morgan fingerprint density at radius 3 is 2.91 bits per heavy atom. The number of hydrogen-bond acceptors (Lipinski definition) is 7. The van der Waals surface area contributed by atoms with Crippen molar-refractivity contribution in [3.63, 3.8) is 0 Å². The van der Waals surface area contributed by atoms with Gasteiger partial charge in [0.15, 0.2) is 10.8 Å². The second-order valence-electron chi connectivity index (χ2n) is 4.75. The molecule has 0 aliphatic carbocycles. The van der Waals surface area contributed by atoms with Crippen LogP contribution in [0.5, 0.6) is 0 Å². The molecule has 0 fully saturated rings. The van der Waals surface area contributed by atoms with E-state index in [9.17, 15) is 9.59 Å². The van der Waals surface area contributed by atoms with Crippen molar-refractivity contribution in [3.8, 4) is 0 Å². The third kappa shape index (κ3) is 2.97. The molecule has 7 nitrogen and oxygen atoms in total. The van der Waals surface area contributed by atoms with E-state index in [1.807, 2.05) is 20.0 Å². The van der Waals surface area contributed by atoms with E-state index in [1.165, 1.54) is 22.7 Å². The Bertz CT molecular complexity index is 859. The van der Waals surface area contributed by atoms with Crippen molar-refractivity contribution in [1.82, 2.24) is 14.8 Å². The van der Waals surface area contributed by atoms with Gasteiger partial charge in [0.1, 0.15) is 4.83 Å². The summed E-state index contributed by atoms with van der Waals surface area (Å²) in [4.78, 5) is 29.5. The van der Waals surface area contributed by atoms with Crippen LogP contribution in [-0.2, 0) is 11.8 Å². The monoisotopic (exact) mass is 350 g/mol. The van der Waals surface area contributed by atoms with Crippen LogP contribution in [0.2, 0.25) is 0 Å². The molecule has 120 valence electrons. The number of anilines is 1. The van der Waals surface area contributed by atoms with Crippen molar-refractivity contribution in [2.24, 2.45) is 7.05 Å². The number of fused-ring (bicyclic) bond motifs is 1. The minimum Gasteiger partial charge on any atom is -0.461 e. The summed E-state index contributed by atoms with van der Waals surface area (Å²) in [5, 5.41) is 9.91. The number of thiophene rings is 1. The van der Waals surface area contributed by atoms with Crippen LogP contribution in [0.3, 0.4) is 0 Å². The molecule has 0 radical (unpaired) electrons. The number of ether oxygens (including phenoxy) is 1. The van der Waals surface area contributed by atoms with Gasteiger partial charge in [0, 0.05) is 17.8 Å². The number of nitrogens with zero attached hydrogens (tertiary/aromatic N) is 3. The quantitative estimate of drug-likeness (QED) is 0.731. The zero-order valence-corrected chi connectivity index (χ0v) is 14.4. The summed E-state index contributed by atoms with van der Waals surface area (Å²) < 4.78 is 6.63. The standard InChI is InChI=1S/C14H14N4O3S2/c1-4-21-13(20)9-6-22-14(15-9)16-11(19)10-5-8-7(2)17-18(3)12(8)23-10/h5-6H,4H2,1-3H3,(H,15,16,19). The zero-order chi connectivity index (χ0) is 16.6. The van der Waals surface area contributed by atoms with Crippen LogP contribution in [0, 0.1) is 6.92 Å². The highest BCUT2D eigenvalue weighted by atomic mass is 32.1. The fourth-order valence-corrected chi connectivity index (χ4v) is 3.80. The number of rotatable bonds is 4. The zero-order valence-electron chi connectivity index (χ0n) is 12.7. The van der Waals surface area contributed by atoms with Crippen LogP contribution in [0.1, 0.15) is 32.8 Å². The minimum absolute atomic E-state index is 0.198. The van der Waals surface area contributed by atoms with E-state index in [-0.39, 0.29) is 18.2 Å². The molecule has 3 aromatic rings. The number of amides is 1. The summed E-state index contributed by atoms with van der Waals surface area (Å²) in [6.07, 6.45) is 0. The molecular formula is C14H14N4O3S2. The van der Waals surface area contributed by atoms with Crippen molar-refractivity contribution in [1.29, 1.82) is 0 Å². The Hall–Kier alpha value is -2.26. The van der Waals surface area contributed by atoms with E-state index in [0.717, 1.165) is 15.9 Å². The molecule has 0 spiro atoms. The molecule has 0 bridgehead atoms. The lowest BCUT2D eigenvalue weighted by Crippen LogP contribution is -2.11. The van der Waals surface area contributed by atoms with Gasteiger partial charge >= 0.3 is 5.97 Å². The first-order valence-corrected chi connectivity index (χ1v) is 8.56. The maximum absolute atomic E-state index is 12.3. The predicted octanol–water partition coefficient (Wildman–Crippen LogP) is 2.83. The molecule has 3 rings (SSSR count). The third-order valence-corrected chi connectivity index (χ3v) is 5.09. The minimum atomic E-state index is -0.493. The molecule has 23 heavy (non-hydrogen) atoms. The van der Waals surface area contributed by atoms with Crippen LogP contribution in [-0.4, -0.2) is 33.2 Å². The summed E-state index contributed by atoms with van der Waals surface area (Å²) in [5.41, 5.74) is 1.08. The summed E-state index contributed by atoms with van der Waals surface area (Å²) in [6, 6.07) is 1.82. The Morgan fingerprint density at radius 1 is 1.43 bits per heavy atom. The topological polar surface area (TPSA) is 86.1 Å². The normalized spacial score (nSPS) is 10.9. The molecule has 0 aromatic carbocycles. The fourth-order valence-electron chi connectivity index (χ4n) is 2.11. The molecule has 0 saturated heterocycles. The number of carbonyl (C=O) groups excluding carboxylic acids is 2. The van der Waals surface area contributed by atoms with Gasteiger partial charge in [0.05, 0.1) is 17.2 Å². The average molecular weight is 350 g/mol. The van der Waals surface area contributed by atoms with Gasteiger partial charge in [-0.3, -0.25) is 14.8 Å². The highest BCUT2D eigenvalue weighted by Crippen LogP contribution is 2.28. The first kappa shape index (κ1) is 15.6. The summed E-state index contributed by atoms with van der Waals surface area (Å²) in [7, 11) is 1.85. The lowest BCUT2D eigenvalue weighted by Gasteiger charge is -1.98. The molecule has 0 unspecified atom stereocenters. The van der Waals surface area contributed by atoms with Gasteiger partial charge in [-0.1, -0.05) is 0 Å². The summed E-state index contributed by atoms with van der Waals surface area (Å²) in [6.45, 7) is 3.92. The molecule has 3 aromatic heterocycles. The summed E-state index contributed by atoms with van der Waals surface area (Å²) in [5.74, 6) is -0.747. The van der Waals surface area contributed by atoms with E-state index in [0.29, 0.717) is 10.0 Å². The molecule has 0 aliphatic rings. The number of aromatic nitrogens is 3. The number of carbonyl (C=O) groups is 2. The van der Waals surface area contributed by atoms with Gasteiger partial charge in [0.25, 0.3) is 5.91 Å². The third-order valence-electron chi connectivity index (χ3n) is 3.13. The highest BCUT2D eigenvalue weighted by Gasteiger charge is 2.17. The number of thiazole rings is 1. The van der Waals surface area contributed by atoms with Crippen LogP contribution < -0.4 is 5.32 Å². The van der Waals surface area contributed by atoms with E-state index in [2.05, 4.69) is 15.4 Å². The summed E-state index contributed by atoms with van der Waals surface area (Å²) >= 11 is 2.55. The van der Waals surface area contributed by atoms with Gasteiger partial charge in [-0.05, 0) is 19.9 Å². The Kier molecular flexibility index (Phi) is 4.14. The van der Waals surface area contributed by atoms with E-state index >= 15 is 0 Å². The average Bonchev–Trinajstić information content (AvgIpc) is 3.18. The molecule has 9 heteroatoms.